The van der Waals surface area contributed by atoms with E-state index in [2.05, 4.69) is 13.8 Å². The van der Waals surface area contributed by atoms with Crippen molar-refractivity contribution in [2.24, 2.45) is 0 Å². The standard InChI is InChI=1S/C11H17NO3.C4H10N.Re/c1-3-4-5-6-10(13)12-8-9(15-2)7-11(12)14;1-2-3-4-5;/h7H,3-6,8H2,1-2H3;5H,2-4H2,1H3;/q;-1;. The van der Waals surface area contributed by atoms with E-state index in [0.29, 0.717) is 25.3 Å². The molecule has 1 radical (unpaired) electrons. The summed E-state index contributed by atoms with van der Waals surface area (Å²) in [6.45, 7) is 5.06. The minimum atomic E-state index is -0.256. The molecule has 0 saturated heterocycles. The van der Waals surface area contributed by atoms with E-state index in [1.165, 1.54) is 18.1 Å². The number of amides is 2. The average Bonchev–Trinajstić information content (AvgIpc) is 2.82. The van der Waals surface area contributed by atoms with Crippen LogP contribution in [-0.2, 0) is 34.7 Å². The van der Waals surface area contributed by atoms with Crippen molar-refractivity contribution in [1.82, 2.24) is 4.90 Å². The smallest absolute Gasteiger partial charge is 0.257 e. The molecule has 0 unspecified atom stereocenters. The normalized spacial score (nSPS) is 13.0. The summed E-state index contributed by atoms with van der Waals surface area (Å²) in [6.07, 6.45) is 6.98. The van der Waals surface area contributed by atoms with Crippen LogP contribution in [0, 0.1) is 0 Å². The Morgan fingerprint density at radius 3 is 2.29 bits per heavy atom. The summed E-state index contributed by atoms with van der Waals surface area (Å²) < 4.78 is 4.93. The van der Waals surface area contributed by atoms with Gasteiger partial charge in [0.15, 0.2) is 0 Å². The van der Waals surface area contributed by atoms with Gasteiger partial charge in [-0.25, -0.2) is 0 Å². The number of hydrogen-bond donors (Lipinski definition) is 0. The summed E-state index contributed by atoms with van der Waals surface area (Å²) in [4.78, 5) is 24.2. The molecule has 2 amide bonds. The Balaban J connectivity index is 0. The van der Waals surface area contributed by atoms with Crippen molar-refractivity contribution >= 4 is 11.8 Å². The van der Waals surface area contributed by atoms with E-state index >= 15 is 0 Å². The number of rotatable bonds is 7. The Kier molecular flexibility index (Phi) is 15.3. The number of nitrogens with one attached hydrogen (secondary N) is 1. The molecule has 1 aliphatic heterocycles. The molecule has 1 rings (SSSR count). The van der Waals surface area contributed by atoms with Crippen LogP contribution in [0.1, 0.15) is 52.4 Å². The van der Waals surface area contributed by atoms with Crippen molar-refractivity contribution in [2.75, 3.05) is 20.2 Å². The molecule has 0 atom stereocenters. The second-order valence-electron chi connectivity index (χ2n) is 4.69. The monoisotopic (exact) mass is 470 g/mol. The van der Waals surface area contributed by atoms with Crippen molar-refractivity contribution in [2.45, 2.75) is 52.4 Å². The minimum Gasteiger partial charge on any atom is -0.677 e. The third-order valence-electron chi connectivity index (χ3n) is 2.95. The molecule has 0 saturated carbocycles. The van der Waals surface area contributed by atoms with Crippen LogP contribution < -0.4 is 0 Å². The quantitative estimate of drug-likeness (QED) is 0.537. The van der Waals surface area contributed by atoms with E-state index < -0.39 is 0 Å². The van der Waals surface area contributed by atoms with Crippen LogP contribution in [0.15, 0.2) is 11.8 Å². The molecule has 21 heavy (non-hydrogen) atoms. The summed E-state index contributed by atoms with van der Waals surface area (Å²) in [5, 5.41) is 0. The van der Waals surface area contributed by atoms with Crippen molar-refractivity contribution in [3.8, 4) is 0 Å². The second kappa shape index (κ2) is 14.2. The van der Waals surface area contributed by atoms with Crippen LogP contribution in [-0.4, -0.2) is 36.9 Å². The summed E-state index contributed by atoms with van der Waals surface area (Å²) in [6, 6.07) is 0. The van der Waals surface area contributed by atoms with Crippen LogP contribution in [0.5, 0.6) is 0 Å². The van der Waals surface area contributed by atoms with Crippen molar-refractivity contribution in [1.29, 1.82) is 0 Å². The Labute approximate surface area is 141 Å². The van der Waals surface area contributed by atoms with Gasteiger partial charge >= 0.3 is 0 Å². The molecule has 1 N–H and O–H groups in total. The Hall–Kier alpha value is -0.698. The molecule has 0 fully saturated rings. The number of hydrogen-bond acceptors (Lipinski definition) is 3. The van der Waals surface area contributed by atoms with Crippen LogP contribution in [0.3, 0.4) is 0 Å². The van der Waals surface area contributed by atoms with Gasteiger partial charge in [0, 0.05) is 32.9 Å². The van der Waals surface area contributed by atoms with Crippen molar-refractivity contribution < 1.29 is 34.7 Å². The summed E-state index contributed by atoms with van der Waals surface area (Å²) in [5.41, 5.74) is 6.60. The molecule has 123 valence electrons. The van der Waals surface area contributed by atoms with E-state index in [4.69, 9.17) is 10.5 Å². The molecular weight excluding hydrogens is 442 g/mol. The van der Waals surface area contributed by atoms with Crippen LogP contribution in [0.2, 0.25) is 0 Å². The molecular formula is C15H27N2O3Re-. The van der Waals surface area contributed by atoms with Gasteiger partial charge in [0.25, 0.3) is 5.91 Å². The SMILES string of the molecule is CCCCCC(=O)N1CC(OC)=CC1=O.CCCC[NH-].[Re]. The molecule has 0 aromatic carbocycles. The van der Waals surface area contributed by atoms with Gasteiger partial charge in [-0.1, -0.05) is 39.5 Å². The number of carbonyl (C=O) groups excluding carboxylic acids is 2. The largest absolute Gasteiger partial charge is 0.677 e. The zero-order valence-corrected chi connectivity index (χ0v) is 16.0. The molecule has 1 aliphatic rings. The first-order chi connectivity index (χ1) is 9.60. The summed E-state index contributed by atoms with van der Waals surface area (Å²) >= 11 is 0. The number of imide groups is 1. The number of methoxy groups -OCH3 is 1. The Morgan fingerprint density at radius 2 is 1.90 bits per heavy atom. The number of unbranched alkanes of at least 4 members (excludes halogenated alkanes) is 3. The fourth-order valence-electron chi connectivity index (χ4n) is 1.67. The topological polar surface area (TPSA) is 70.4 Å². The zero-order valence-electron chi connectivity index (χ0n) is 13.3. The first kappa shape index (κ1) is 22.6. The molecule has 0 spiro atoms. The van der Waals surface area contributed by atoms with Gasteiger partial charge in [-0.15, -0.1) is 0 Å². The fourth-order valence-corrected chi connectivity index (χ4v) is 1.67. The first-order valence-electron chi connectivity index (χ1n) is 7.34. The van der Waals surface area contributed by atoms with Gasteiger partial charge in [-0.2, -0.15) is 6.54 Å². The van der Waals surface area contributed by atoms with Crippen LogP contribution in [0.4, 0.5) is 0 Å². The minimum absolute atomic E-state index is 0. The number of carbonyl (C=O) groups is 2. The molecule has 0 bridgehead atoms. The maximum atomic E-state index is 11.6. The Bertz CT molecular complexity index is 331. The van der Waals surface area contributed by atoms with Gasteiger partial charge in [0.05, 0.1) is 13.7 Å². The first-order valence-corrected chi connectivity index (χ1v) is 7.34. The molecule has 5 nitrogen and oxygen atoms in total. The fraction of sp³-hybridized carbons (Fsp3) is 0.733. The molecule has 1 heterocycles. The third kappa shape index (κ3) is 9.78. The van der Waals surface area contributed by atoms with Gasteiger partial charge in [0.2, 0.25) is 5.91 Å². The number of ether oxygens (including phenoxy) is 1. The van der Waals surface area contributed by atoms with Crippen LogP contribution >= 0.6 is 0 Å². The molecule has 0 aromatic heterocycles. The predicted octanol–water partition coefficient (Wildman–Crippen LogP) is 3.30. The maximum absolute atomic E-state index is 11.6. The zero-order chi connectivity index (χ0) is 15.4. The van der Waals surface area contributed by atoms with Gasteiger partial charge in [0.1, 0.15) is 5.76 Å². The summed E-state index contributed by atoms with van der Waals surface area (Å²) in [7, 11) is 1.50. The van der Waals surface area contributed by atoms with Gasteiger partial charge in [-0.05, 0) is 6.42 Å². The van der Waals surface area contributed by atoms with E-state index in [-0.39, 0.29) is 32.2 Å². The van der Waals surface area contributed by atoms with Crippen LogP contribution in [0.25, 0.3) is 5.73 Å². The molecule has 0 aliphatic carbocycles. The molecule has 6 heteroatoms. The predicted molar refractivity (Wildman–Crippen MR) is 80.1 cm³/mol. The second-order valence-corrected chi connectivity index (χ2v) is 4.69. The number of nitrogens with zero attached hydrogens (tertiary/aromatic N) is 1. The van der Waals surface area contributed by atoms with E-state index in [9.17, 15) is 9.59 Å². The van der Waals surface area contributed by atoms with Crippen molar-refractivity contribution in [3.63, 3.8) is 0 Å². The Morgan fingerprint density at radius 1 is 1.29 bits per heavy atom. The average molecular weight is 470 g/mol. The van der Waals surface area contributed by atoms with Crippen molar-refractivity contribution in [3.05, 3.63) is 17.6 Å². The van der Waals surface area contributed by atoms with Gasteiger partial charge < -0.3 is 10.5 Å². The molecule has 0 aromatic rings. The van der Waals surface area contributed by atoms with Gasteiger partial charge in [-0.3, -0.25) is 14.5 Å². The summed E-state index contributed by atoms with van der Waals surface area (Å²) in [5.74, 6) is 0.203. The van der Waals surface area contributed by atoms with E-state index in [1.807, 2.05) is 0 Å². The van der Waals surface area contributed by atoms with E-state index in [0.717, 1.165) is 32.1 Å². The maximum Gasteiger partial charge on any atom is 0.257 e. The van der Waals surface area contributed by atoms with E-state index in [1.54, 1.807) is 0 Å². The third-order valence-corrected chi connectivity index (χ3v) is 2.95.